The minimum absolute atomic E-state index is 0.162. The Balaban J connectivity index is 1.48. The quantitative estimate of drug-likeness (QED) is 0.682. The zero-order chi connectivity index (χ0) is 20.8. The first kappa shape index (κ1) is 21.3. The summed E-state index contributed by atoms with van der Waals surface area (Å²) in [5.74, 6) is 0.335. The van der Waals surface area contributed by atoms with Crippen LogP contribution >= 0.6 is 11.3 Å². The van der Waals surface area contributed by atoms with Crippen molar-refractivity contribution in [3.8, 4) is 5.75 Å². The first-order valence-corrected chi connectivity index (χ1v) is 11.0. The summed E-state index contributed by atoms with van der Waals surface area (Å²) in [7, 11) is 0. The van der Waals surface area contributed by atoms with E-state index in [1.807, 2.05) is 12.3 Å². The molecule has 0 spiro atoms. The van der Waals surface area contributed by atoms with Crippen LogP contribution in [0.5, 0.6) is 5.75 Å². The molecular formula is C22H28N2O4S. The maximum Gasteiger partial charge on any atom is 0.338 e. The molecule has 1 heterocycles. The molecule has 1 N–H and O–H groups in total. The zero-order valence-electron chi connectivity index (χ0n) is 17.1. The monoisotopic (exact) mass is 416 g/mol. The summed E-state index contributed by atoms with van der Waals surface area (Å²) in [6.07, 6.45) is 3.60. The van der Waals surface area contributed by atoms with Crippen LogP contribution in [0.4, 0.5) is 0 Å². The SMILES string of the molecule is Cc1nc(COc2ccc(C(=O)O[C@@H](C)C(=O)N[C@@H]3CCCC[C@@H]3C)cc2)cs1. The van der Waals surface area contributed by atoms with E-state index in [4.69, 9.17) is 9.47 Å². The van der Waals surface area contributed by atoms with Gasteiger partial charge >= 0.3 is 5.97 Å². The van der Waals surface area contributed by atoms with Gasteiger partial charge in [0.1, 0.15) is 12.4 Å². The summed E-state index contributed by atoms with van der Waals surface area (Å²) in [5, 5.41) is 5.98. The van der Waals surface area contributed by atoms with Crippen LogP contribution in [0.25, 0.3) is 0 Å². The van der Waals surface area contributed by atoms with Crippen molar-refractivity contribution < 1.29 is 19.1 Å². The fourth-order valence-electron chi connectivity index (χ4n) is 3.43. The van der Waals surface area contributed by atoms with E-state index in [0.29, 0.717) is 23.8 Å². The molecule has 1 aliphatic rings. The molecule has 0 aliphatic heterocycles. The summed E-state index contributed by atoms with van der Waals surface area (Å²) in [4.78, 5) is 29.1. The molecule has 0 bridgehead atoms. The number of hydrogen-bond acceptors (Lipinski definition) is 6. The van der Waals surface area contributed by atoms with Crippen LogP contribution in [0, 0.1) is 12.8 Å². The Labute approximate surface area is 175 Å². The third kappa shape index (κ3) is 6.03. The predicted molar refractivity (Wildman–Crippen MR) is 112 cm³/mol. The number of rotatable bonds is 7. The molecule has 6 nitrogen and oxygen atoms in total. The van der Waals surface area contributed by atoms with Gasteiger partial charge in [-0.05, 0) is 56.9 Å². The van der Waals surface area contributed by atoms with E-state index in [1.54, 1.807) is 42.5 Å². The number of carbonyl (C=O) groups is 2. The summed E-state index contributed by atoms with van der Waals surface area (Å²) in [5.41, 5.74) is 1.26. The van der Waals surface area contributed by atoms with E-state index in [9.17, 15) is 9.59 Å². The predicted octanol–water partition coefficient (Wildman–Crippen LogP) is 4.27. The van der Waals surface area contributed by atoms with E-state index in [2.05, 4.69) is 17.2 Å². The second-order valence-corrected chi connectivity index (χ2v) is 8.66. The van der Waals surface area contributed by atoms with Gasteiger partial charge in [0, 0.05) is 11.4 Å². The van der Waals surface area contributed by atoms with Gasteiger partial charge in [0.2, 0.25) is 0 Å². The first-order chi connectivity index (χ1) is 13.9. The van der Waals surface area contributed by atoms with Gasteiger partial charge in [0.05, 0.1) is 16.3 Å². The molecule has 0 radical (unpaired) electrons. The molecule has 1 amide bonds. The minimum atomic E-state index is -0.833. The molecule has 1 aromatic heterocycles. The van der Waals surface area contributed by atoms with E-state index in [0.717, 1.165) is 30.0 Å². The van der Waals surface area contributed by atoms with Crippen molar-refractivity contribution >= 4 is 23.2 Å². The molecule has 1 aliphatic carbocycles. The third-order valence-electron chi connectivity index (χ3n) is 5.24. The lowest BCUT2D eigenvalue weighted by atomic mass is 9.86. The maximum atomic E-state index is 12.4. The summed E-state index contributed by atoms with van der Waals surface area (Å²) >= 11 is 1.58. The maximum absolute atomic E-state index is 12.4. The second kappa shape index (κ2) is 9.87. The Morgan fingerprint density at radius 1 is 1.24 bits per heavy atom. The number of esters is 1. The van der Waals surface area contributed by atoms with E-state index < -0.39 is 12.1 Å². The van der Waals surface area contributed by atoms with Crippen LogP contribution in [0.15, 0.2) is 29.6 Å². The second-order valence-electron chi connectivity index (χ2n) is 7.60. The molecule has 29 heavy (non-hydrogen) atoms. The number of benzene rings is 1. The van der Waals surface area contributed by atoms with Crippen molar-refractivity contribution in [3.63, 3.8) is 0 Å². The van der Waals surface area contributed by atoms with E-state index in [-0.39, 0.29) is 11.9 Å². The Morgan fingerprint density at radius 3 is 2.62 bits per heavy atom. The zero-order valence-corrected chi connectivity index (χ0v) is 18.0. The Hall–Kier alpha value is -2.41. The number of amides is 1. The number of ether oxygens (including phenoxy) is 2. The summed E-state index contributed by atoms with van der Waals surface area (Å²) in [6, 6.07) is 6.86. The van der Waals surface area contributed by atoms with Crippen molar-refractivity contribution in [1.29, 1.82) is 0 Å². The van der Waals surface area contributed by atoms with Crippen molar-refractivity contribution in [1.82, 2.24) is 10.3 Å². The van der Waals surface area contributed by atoms with Gasteiger partial charge in [0.25, 0.3) is 5.91 Å². The number of thiazole rings is 1. The molecule has 3 rings (SSSR count). The van der Waals surface area contributed by atoms with Gasteiger partial charge in [-0.1, -0.05) is 19.8 Å². The van der Waals surface area contributed by atoms with Gasteiger partial charge in [0.15, 0.2) is 6.10 Å². The smallest absolute Gasteiger partial charge is 0.338 e. The first-order valence-electron chi connectivity index (χ1n) is 10.1. The number of nitrogens with zero attached hydrogens (tertiary/aromatic N) is 1. The normalized spacial score (nSPS) is 20.0. The van der Waals surface area contributed by atoms with Crippen molar-refractivity contribution in [2.75, 3.05) is 0 Å². The van der Waals surface area contributed by atoms with Gasteiger partial charge < -0.3 is 14.8 Å². The molecule has 1 aromatic carbocycles. The van der Waals surface area contributed by atoms with E-state index in [1.165, 1.54) is 6.42 Å². The molecule has 2 aromatic rings. The minimum Gasteiger partial charge on any atom is -0.487 e. The highest BCUT2D eigenvalue weighted by Crippen LogP contribution is 2.24. The van der Waals surface area contributed by atoms with E-state index >= 15 is 0 Å². The molecular weight excluding hydrogens is 388 g/mol. The average molecular weight is 417 g/mol. The highest BCUT2D eigenvalue weighted by Gasteiger charge is 2.26. The van der Waals surface area contributed by atoms with Gasteiger partial charge in [-0.25, -0.2) is 9.78 Å². The van der Waals surface area contributed by atoms with Crippen LogP contribution in [0.1, 0.15) is 60.6 Å². The summed E-state index contributed by atoms with van der Waals surface area (Å²) < 4.78 is 11.0. The largest absolute Gasteiger partial charge is 0.487 e. The Morgan fingerprint density at radius 2 is 1.97 bits per heavy atom. The lowest BCUT2D eigenvalue weighted by Crippen LogP contribution is -2.45. The molecule has 7 heteroatoms. The van der Waals surface area contributed by atoms with Crippen LogP contribution in [0.2, 0.25) is 0 Å². The number of aryl methyl sites for hydroxylation is 1. The number of nitrogens with one attached hydrogen (secondary N) is 1. The molecule has 0 unspecified atom stereocenters. The lowest BCUT2D eigenvalue weighted by Gasteiger charge is -2.30. The van der Waals surface area contributed by atoms with Crippen molar-refractivity contribution in [3.05, 3.63) is 45.9 Å². The third-order valence-corrected chi connectivity index (χ3v) is 6.06. The van der Waals surface area contributed by atoms with Crippen LogP contribution in [0.3, 0.4) is 0 Å². The van der Waals surface area contributed by atoms with Crippen molar-refractivity contribution in [2.45, 2.75) is 65.2 Å². The number of hydrogen-bond donors (Lipinski definition) is 1. The van der Waals surface area contributed by atoms with Crippen LogP contribution in [-0.4, -0.2) is 29.0 Å². The fourth-order valence-corrected chi connectivity index (χ4v) is 4.03. The topological polar surface area (TPSA) is 77.5 Å². The van der Waals surface area contributed by atoms with Crippen LogP contribution < -0.4 is 10.1 Å². The molecule has 0 saturated heterocycles. The molecule has 3 atom stereocenters. The Bertz CT molecular complexity index is 834. The van der Waals surface area contributed by atoms with Gasteiger partial charge in [-0.2, -0.15) is 0 Å². The van der Waals surface area contributed by atoms with Gasteiger partial charge in [-0.3, -0.25) is 4.79 Å². The Kier molecular flexibility index (Phi) is 7.25. The highest BCUT2D eigenvalue weighted by molar-refractivity contribution is 7.09. The highest BCUT2D eigenvalue weighted by atomic mass is 32.1. The number of carbonyl (C=O) groups excluding carboxylic acids is 2. The fraction of sp³-hybridized carbons (Fsp3) is 0.500. The average Bonchev–Trinajstić information content (AvgIpc) is 3.13. The standard InChI is InChI=1S/C22H28N2O4S/c1-14-6-4-5-7-20(14)24-21(25)15(2)28-22(26)17-8-10-19(11-9-17)27-12-18-13-29-16(3)23-18/h8-11,13-15,20H,4-7,12H2,1-3H3,(H,24,25)/t14-,15-,20+/m0/s1. The van der Waals surface area contributed by atoms with Gasteiger partial charge in [-0.15, -0.1) is 11.3 Å². The molecule has 156 valence electrons. The number of aromatic nitrogens is 1. The summed E-state index contributed by atoms with van der Waals surface area (Å²) in [6.45, 7) is 6.09. The van der Waals surface area contributed by atoms with Crippen molar-refractivity contribution in [2.24, 2.45) is 5.92 Å². The lowest BCUT2D eigenvalue weighted by molar-refractivity contribution is -0.130. The molecule has 1 saturated carbocycles. The molecule has 1 fully saturated rings. The van der Waals surface area contributed by atoms with Crippen LogP contribution in [-0.2, 0) is 16.1 Å².